The number of ether oxygens (including phenoxy) is 1. The van der Waals surface area contributed by atoms with Gasteiger partial charge in [0.15, 0.2) is 6.10 Å². The molecular formula is C18H18N2O3. The number of amides is 2. The van der Waals surface area contributed by atoms with E-state index in [2.05, 4.69) is 5.32 Å². The average molecular weight is 310 g/mol. The van der Waals surface area contributed by atoms with Gasteiger partial charge in [-0.1, -0.05) is 29.8 Å². The summed E-state index contributed by atoms with van der Waals surface area (Å²) in [6.45, 7) is 2.09. The van der Waals surface area contributed by atoms with E-state index in [1.807, 2.05) is 43.3 Å². The second-order valence-corrected chi connectivity index (χ2v) is 5.55. The van der Waals surface area contributed by atoms with Crippen LogP contribution in [0.4, 0.5) is 5.69 Å². The van der Waals surface area contributed by atoms with E-state index in [0.717, 1.165) is 11.3 Å². The highest BCUT2D eigenvalue weighted by molar-refractivity contribution is 6.00. The Morgan fingerprint density at radius 2 is 1.87 bits per heavy atom. The topological polar surface area (TPSA) is 58.6 Å². The highest BCUT2D eigenvalue weighted by atomic mass is 16.5. The number of nitrogens with zero attached hydrogens (tertiary/aromatic N) is 1. The molecule has 0 saturated heterocycles. The highest BCUT2D eigenvalue weighted by Gasteiger charge is 2.32. The molecule has 2 aromatic rings. The van der Waals surface area contributed by atoms with Crippen molar-refractivity contribution in [3.63, 3.8) is 0 Å². The third-order valence-corrected chi connectivity index (χ3v) is 3.86. The largest absolute Gasteiger partial charge is 0.477 e. The van der Waals surface area contributed by atoms with Crippen molar-refractivity contribution in [2.45, 2.75) is 13.0 Å². The fraction of sp³-hybridized carbons (Fsp3) is 0.222. The summed E-state index contributed by atoms with van der Waals surface area (Å²) in [5.74, 6) is 0.250. The fourth-order valence-electron chi connectivity index (χ4n) is 2.49. The van der Waals surface area contributed by atoms with Crippen LogP contribution >= 0.6 is 0 Å². The zero-order valence-electron chi connectivity index (χ0n) is 13.1. The Bertz CT molecular complexity index is 740. The summed E-state index contributed by atoms with van der Waals surface area (Å²) in [5, 5.41) is 2.76. The maximum Gasteiger partial charge on any atom is 0.269 e. The van der Waals surface area contributed by atoms with Crippen LogP contribution in [0.25, 0.3) is 0 Å². The number of nitrogens with one attached hydrogen (secondary N) is 1. The van der Waals surface area contributed by atoms with Crippen molar-refractivity contribution < 1.29 is 14.3 Å². The predicted molar refractivity (Wildman–Crippen MR) is 87.8 cm³/mol. The van der Waals surface area contributed by atoms with Gasteiger partial charge in [0.05, 0.1) is 12.2 Å². The maximum absolute atomic E-state index is 12.3. The minimum absolute atomic E-state index is 0.129. The van der Waals surface area contributed by atoms with E-state index in [1.165, 1.54) is 0 Å². The van der Waals surface area contributed by atoms with Gasteiger partial charge in [0, 0.05) is 12.6 Å². The van der Waals surface area contributed by atoms with E-state index >= 15 is 0 Å². The van der Waals surface area contributed by atoms with Gasteiger partial charge in [0.2, 0.25) is 0 Å². The molecular weight excluding hydrogens is 292 g/mol. The summed E-state index contributed by atoms with van der Waals surface area (Å²) < 4.78 is 5.71. The molecule has 0 aromatic heterocycles. The number of fused-ring (bicyclic) bond motifs is 1. The lowest BCUT2D eigenvalue weighted by molar-refractivity contribution is -0.125. The molecule has 1 aliphatic heterocycles. The molecule has 1 heterocycles. The van der Waals surface area contributed by atoms with Crippen LogP contribution in [-0.4, -0.2) is 31.5 Å². The van der Waals surface area contributed by atoms with E-state index < -0.39 is 6.10 Å². The lowest BCUT2D eigenvalue weighted by Gasteiger charge is -2.31. The molecule has 1 unspecified atom stereocenters. The van der Waals surface area contributed by atoms with Gasteiger partial charge in [-0.25, -0.2) is 0 Å². The van der Waals surface area contributed by atoms with Gasteiger partial charge in [-0.3, -0.25) is 9.59 Å². The Balaban J connectivity index is 1.68. The zero-order chi connectivity index (χ0) is 16.4. The predicted octanol–water partition coefficient (Wildman–Crippen LogP) is 2.15. The molecule has 118 valence electrons. The summed E-state index contributed by atoms with van der Waals surface area (Å²) >= 11 is 0. The Kier molecular flexibility index (Phi) is 4.02. The molecule has 1 aliphatic rings. The Morgan fingerprint density at radius 3 is 2.61 bits per heavy atom. The van der Waals surface area contributed by atoms with Crippen molar-refractivity contribution in [3.05, 3.63) is 59.7 Å². The van der Waals surface area contributed by atoms with Gasteiger partial charge >= 0.3 is 0 Å². The summed E-state index contributed by atoms with van der Waals surface area (Å²) in [7, 11) is 1.71. The number of rotatable bonds is 3. The van der Waals surface area contributed by atoms with E-state index in [-0.39, 0.29) is 18.4 Å². The standard InChI is InChI=1S/C18H18N2O3/c1-12-7-9-13(10-8-12)17(21)19-11-16-18(22)20(2)14-5-3-4-6-15(14)23-16/h3-10,16H,11H2,1-2H3,(H,19,21). The molecule has 1 N–H and O–H groups in total. The molecule has 5 heteroatoms. The first-order chi connectivity index (χ1) is 11.1. The Labute approximate surface area is 134 Å². The summed E-state index contributed by atoms with van der Waals surface area (Å²) in [6.07, 6.45) is -0.718. The smallest absolute Gasteiger partial charge is 0.269 e. The van der Waals surface area contributed by atoms with Gasteiger partial charge in [0.25, 0.3) is 11.8 Å². The highest BCUT2D eigenvalue weighted by Crippen LogP contribution is 2.32. The normalized spacial score (nSPS) is 16.5. The van der Waals surface area contributed by atoms with Gasteiger partial charge in [-0.15, -0.1) is 0 Å². The quantitative estimate of drug-likeness (QED) is 0.945. The van der Waals surface area contributed by atoms with Crippen molar-refractivity contribution in [2.24, 2.45) is 0 Å². The van der Waals surface area contributed by atoms with Crippen LogP contribution in [0.1, 0.15) is 15.9 Å². The van der Waals surface area contributed by atoms with E-state index in [1.54, 1.807) is 24.1 Å². The first-order valence-electron chi connectivity index (χ1n) is 7.44. The molecule has 0 fully saturated rings. The van der Waals surface area contributed by atoms with Crippen molar-refractivity contribution in [1.82, 2.24) is 5.32 Å². The van der Waals surface area contributed by atoms with Crippen LogP contribution in [0.5, 0.6) is 5.75 Å². The number of hydrogen-bond donors (Lipinski definition) is 1. The van der Waals surface area contributed by atoms with E-state index in [9.17, 15) is 9.59 Å². The molecule has 2 amide bonds. The second-order valence-electron chi connectivity index (χ2n) is 5.55. The summed E-state index contributed by atoms with van der Waals surface area (Å²) in [6, 6.07) is 14.6. The van der Waals surface area contributed by atoms with Crippen LogP contribution in [0.2, 0.25) is 0 Å². The van der Waals surface area contributed by atoms with Gasteiger partial charge in [-0.2, -0.15) is 0 Å². The van der Waals surface area contributed by atoms with Crippen molar-refractivity contribution in [3.8, 4) is 5.75 Å². The third-order valence-electron chi connectivity index (χ3n) is 3.86. The Morgan fingerprint density at radius 1 is 1.17 bits per heavy atom. The molecule has 0 saturated carbocycles. The SMILES string of the molecule is Cc1ccc(C(=O)NCC2Oc3ccccc3N(C)C2=O)cc1. The lowest BCUT2D eigenvalue weighted by atomic mass is 10.1. The Hall–Kier alpha value is -2.82. The lowest BCUT2D eigenvalue weighted by Crippen LogP contribution is -2.49. The third kappa shape index (κ3) is 3.04. The van der Waals surface area contributed by atoms with Crippen LogP contribution in [0.3, 0.4) is 0 Å². The molecule has 3 rings (SSSR count). The van der Waals surface area contributed by atoms with Crippen LogP contribution in [-0.2, 0) is 4.79 Å². The van der Waals surface area contributed by atoms with Gasteiger partial charge < -0.3 is 15.0 Å². The molecule has 0 aliphatic carbocycles. The minimum atomic E-state index is -0.718. The van der Waals surface area contributed by atoms with E-state index in [4.69, 9.17) is 4.74 Å². The maximum atomic E-state index is 12.3. The second kappa shape index (κ2) is 6.12. The number of anilines is 1. The number of carbonyl (C=O) groups excluding carboxylic acids is 2. The number of hydrogen-bond acceptors (Lipinski definition) is 3. The van der Waals surface area contributed by atoms with Gasteiger partial charge in [-0.05, 0) is 31.2 Å². The molecule has 5 nitrogen and oxygen atoms in total. The first kappa shape index (κ1) is 15.1. The van der Waals surface area contributed by atoms with Crippen molar-refractivity contribution in [1.29, 1.82) is 0 Å². The molecule has 0 radical (unpaired) electrons. The number of para-hydroxylation sites is 2. The van der Waals surface area contributed by atoms with Crippen molar-refractivity contribution in [2.75, 3.05) is 18.5 Å². The molecule has 0 spiro atoms. The minimum Gasteiger partial charge on any atom is -0.477 e. The fourth-order valence-corrected chi connectivity index (χ4v) is 2.49. The number of aryl methyl sites for hydroxylation is 1. The monoisotopic (exact) mass is 310 g/mol. The molecule has 2 aromatic carbocycles. The van der Waals surface area contributed by atoms with Crippen LogP contribution < -0.4 is 15.0 Å². The van der Waals surface area contributed by atoms with Gasteiger partial charge in [0.1, 0.15) is 5.75 Å². The molecule has 23 heavy (non-hydrogen) atoms. The molecule has 1 atom stereocenters. The molecule has 0 bridgehead atoms. The number of likely N-dealkylation sites (N-methyl/N-ethyl adjacent to an activating group) is 1. The first-order valence-corrected chi connectivity index (χ1v) is 7.44. The summed E-state index contributed by atoms with van der Waals surface area (Å²) in [4.78, 5) is 26.0. The summed E-state index contributed by atoms with van der Waals surface area (Å²) in [5.41, 5.74) is 2.39. The van der Waals surface area contributed by atoms with Crippen LogP contribution in [0.15, 0.2) is 48.5 Å². The van der Waals surface area contributed by atoms with Crippen LogP contribution in [0, 0.1) is 6.92 Å². The van der Waals surface area contributed by atoms with Crippen molar-refractivity contribution >= 4 is 17.5 Å². The zero-order valence-corrected chi connectivity index (χ0v) is 13.1. The number of carbonyl (C=O) groups is 2. The number of benzene rings is 2. The average Bonchev–Trinajstić information content (AvgIpc) is 2.57. The van der Waals surface area contributed by atoms with E-state index in [0.29, 0.717) is 11.3 Å².